The molecule has 0 saturated carbocycles. The van der Waals surface area contributed by atoms with Crippen LogP contribution < -0.4 is 0 Å². The fraction of sp³-hybridized carbons (Fsp3) is 0.188. The van der Waals surface area contributed by atoms with Gasteiger partial charge in [0.2, 0.25) is 5.91 Å². The highest BCUT2D eigenvalue weighted by atomic mass is 32.1. The Hall–Kier alpha value is -2.54. The van der Waals surface area contributed by atoms with Crippen LogP contribution in [0.3, 0.4) is 0 Å². The van der Waals surface area contributed by atoms with E-state index in [0.717, 1.165) is 17.0 Å². The second-order valence-electron chi connectivity index (χ2n) is 4.93. The standard InChI is InChI=1S/C16H15FN2O3S/c1-11(15-4-3-9-23-15)18(2)16(20)8-6-12-5-7-13(17)10-14(12)19(21)22/h3-11H,1-2H3. The van der Waals surface area contributed by atoms with Crippen LogP contribution in [0, 0.1) is 15.9 Å². The minimum atomic E-state index is -0.691. The summed E-state index contributed by atoms with van der Waals surface area (Å²) < 4.78 is 13.1. The van der Waals surface area contributed by atoms with Gasteiger partial charge in [-0.2, -0.15) is 0 Å². The molecule has 2 rings (SSSR count). The number of halogens is 1. The molecule has 0 saturated heterocycles. The van der Waals surface area contributed by atoms with E-state index in [0.29, 0.717) is 0 Å². The molecule has 1 heterocycles. The summed E-state index contributed by atoms with van der Waals surface area (Å²) in [5.41, 5.74) is -0.190. The molecular weight excluding hydrogens is 319 g/mol. The van der Waals surface area contributed by atoms with Gasteiger partial charge in [-0.1, -0.05) is 6.07 Å². The molecule has 1 unspecified atom stereocenters. The maximum atomic E-state index is 13.1. The Kier molecular flexibility index (Phi) is 5.23. The lowest BCUT2D eigenvalue weighted by molar-refractivity contribution is -0.385. The van der Waals surface area contributed by atoms with Crippen LogP contribution in [0.25, 0.3) is 6.08 Å². The third-order valence-electron chi connectivity index (χ3n) is 3.48. The predicted molar refractivity (Wildman–Crippen MR) is 87.6 cm³/mol. The summed E-state index contributed by atoms with van der Waals surface area (Å²) in [6.45, 7) is 1.90. The average Bonchev–Trinajstić information content (AvgIpc) is 3.06. The Morgan fingerprint density at radius 1 is 1.43 bits per heavy atom. The molecule has 2 aromatic rings. The van der Waals surface area contributed by atoms with E-state index in [9.17, 15) is 19.3 Å². The van der Waals surface area contributed by atoms with Gasteiger partial charge in [-0.3, -0.25) is 14.9 Å². The number of amides is 1. The van der Waals surface area contributed by atoms with Gasteiger partial charge in [-0.15, -0.1) is 11.3 Å². The molecule has 1 aromatic carbocycles. The maximum absolute atomic E-state index is 13.1. The first-order chi connectivity index (χ1) is 10.9. The van der Waals surface area contributed by atoms with E-state index in [2.05, 4.69) is 0 Å². The molecular formula is C16H15FN2O3S. The van der Waals surface area contributed by atoms with Gasteiger partial charge in [0.25, 0.3) is 5.69 Å². The van der Waals surface area contributed by atoms with E-state index in [1.54, 1.807) is 18.4 Å². The highest BCUT2D eigenvalue weighted by Crippen LogP contribution is 2.24. The van der Waals surface area contributed by atoms with Gasteiger partial charge in [0.15, 0.2) is 0 Å². The second-order valence-corrected chi connectivity index (χ2v) is 5.91. The second kappa shape index (κ2) is 7.15. The van der Waals surface area contributed by atoms with Crippen LogP contribution in [0.5, 0.6) is 0 Å². The molecule has 0 aliphatic carbocycles. The molecule has 0 bridgehead atoms. The zero-order valence-corrected chi connectivity index (χ0v) is 13.4. The Bertz CT molecular complexity index is 744. The van der Waals surface area contributed by atoms with Crippen molar-refractivity contribution in [1.82, 2.24) is 4.90 Å². The fourth-order valence-electron chi connectivity index (χ4n) is 2.01. The number of hydrogen-bond acceptors (Lipinski definition) is 4. The normalized spacial score (nSPS) is 12.3. The number of nitrogens with zero attached hydrogens (tertiary/aromatic N) is 2. The van der Waals surface area contributed by atoms with Gasteiger partial charge in [-0.25, -0.2) is 4.39 Å². The van der Waals surface area contributed by atoms with E-state index in [-0.39, 0.29) is 23.2 Å². The zero-order valence-electron chi connectivity index (χ0n) is 12.6. The third-order valence-corrected chi connectivity index (χ3v) is 4.52. The van der Waals surface area contributed by atoms with Crippen molar-refractivity contribution < 1.29 is 14.1 Å². The summed E-state index contributed by atoms with van der Waals surface area (Å²) in [5.74, 6) is -0.979. The number of carbonyl (C=O) groups excluding carboxylic acids is 1. The number of likely N-dealkylation sites (N-methyl/N-ethyl adjacent to an activating group) is 1. The van der Waals surface area contributed by atoms with Crippen molar-refractivity contribution in [3.05, 3.63) is 68.2 Å². The van der Waals surface area contributed by atoms with Crippen LogP contribution in [-0.4, -0.2) is 22.8 Å². The monoisotopic (exact) mass is 334 g/mol. The molecule has 7 heteroatoms. The summed E-state index contributed by atoms with van der Waals surface area (Å²) >= 11 is 1.55. The van der Waals surface area contributed by atoms with Gasteiger partial charge >= 0.3 is 0 Å². The first-order valence-electron chi connectivity index (χ1n) is 6.82. The van der Waals surface area contributed by atoms with Crippen molar-refractivity contribution in [2.45, 2.75) is 13.0 Å². The Morgan fingerprint density at radius 3 is 2.78 bits per heavy atom. The van der Waals surface area contributed by atoms with Crippen molar-refractivity contribution in [3.8, 4) is 0 Å². The van der Waals surface area contributed by atoms with Gasteiger partial charge in [-0.05, 0) is 36.6 Å². The van der Waals surface area contributed by atoms with Crippen molar-refractivity contribution >= 4 is 29.0 Å². The third kappa shape index (κ3) is 4.01. The quantitative estimate of drug-likeness (QED) is 0.471. The van der Waals surface area contributed by atoms with Crippen molar-refractivity contribution in [3.63, 3.8) is 0 Å². The summed E-state index contributed by atoms with van der Waals surface area (Å²) in [7, 11) is 1.66. The Morgan fingerprint density at radius 2 is 2.17 bits per heavy atom. The van der Waals surface area contributed by atoms with E-state index >= 15 is 0 Å². The van der Waals surface area contributed by atoms with E-state index in [1.165, 1.54) is 23.1 Å². The van der Waals surface area contributed by atoms with Crippen molar-refractivity contribution in [1.29, 1.82) is 0 Å². The smallest absolute Gasteiger partial charge is 0.279 e. The number of thiophene rings is 1. The van der Waals surface area contributed by atoms with Crippen LogP contribution in [0.4, 0.5) is 10.1 Å². The molecule has 1 aromatic heterocycles. The molecule has 1 amide bonds. The van der Waals surface area contributed by atoms with Gasteiger partial charge in [0.1, 0.15) is 5.82 Å². The van der Waals surface area contributed by atoms with Crippen molar-refractivity contribution in [2.75, 3.05) is 7.05 Å². The molecule has 0 N–H and O–H groups in total. The molecule has 120 valence electrons. The molecule has 23 heavy (non-hydrogen) atoms. The number of nitro groups is 1. The van der Waals surface area contributed by atoms with Crippen LogP contribution in [-0.2, 0) is 4.79 Å². The number of nitro benzene ring substituents is 1. The van der Waals surface area contributed by atoms with Crippen molar-refractivity contribution in [2.24, 2.45) is 0 Å². The minimum Gasteiger partial charge on any atom is -0.335 e. The number of rotatable bonds is 5. The van der Waals surface area contributed by atoms with Crippen LogP contribution in [0.1, 0.15) is 23.4 Å². The number of carbonyl (C=O) groups is 1. The van der Waals surface area contributed by atoms with Crippen LogP contribution in [0.2, 0.25) is 0 Å². The molecule has 0 spiro atoms. The Balaban J connectivity index is 2.17. The lowest BCUT2D eigenvalue weighted by Crippen LogP contribution is -2.27. The molecule has 0 aliphatic rings. The molecule has 0 radical (unpaired) electrons. The first-order valence-corrected chi connectivity index (χ1v) is 7.70. The van der Waals surface area contributed by atoms with Crippen LogP contribution in [0.15, 0.2) is 41.8 Å². The fourth-order valence-corrected chi connectivity index (χ4v) is 2.83. The maximum Gasteiger partial charge on any atom is 0.279 e. The summed E-state index contributed by atoms with van der Waals surface area (Å²) in [5, 5.41) is 12.9. The summed E-state index contributed by atoms with van der Waals surface area (Å²) in [6, 6.07) is 6.98. The van der Waals surface area contributed by atoms with E-state index in [4.69, 9.17) is 0 Å². The van der Waals surface area contributed by atoms with Gasteiger partial charge in [0, 0.05) is 18.0 Å². The molecule has 1 atom stereocenters. The lowest BCUT2D eigenvalue weighted by atomic mass is 10.1. The average molecular weight is 334 g/mol. The first kappa shape index (κ1) is 16.8. The molecule has 0 aliphatic heterocycles. The number of hydrogen-bond donors (Lipinski definition) is 0. The van der Waals surface area contributed by atoms with Gasteiger partial charge < -0.3 is 4.90 Å². The summed E-state index contributed by atoms with van der Waals surface area (Å²) in [6.07, 6.45) is 2.59. The highest BCUT2D eigenvalue weighted by Gasteiger charge is 2.17. The minimum absolute atomic E-state index is 0.102. The predicted octanol–water partition coefficient (Wildman–Crippen LogP) is 4.03. The van der Waals surface area contributed by atoms with Crippen LogP contribution >= 0.6 is 11.3 Å². The summed E-state index contributed by atoms with van der Waals surface area (Å²) in [4.78, 5) is 25.0. The largest absolute Gasteiger partial charge is 0.335 e. The lowest BCUT2D eigenvalue weighted by Gasteiger charge is -2.22. The van der Waals surface area contributed by atoms with E-state index < -0.39 is 10.7 Å². The number of benzene rings is 1. The molecule has 5 nitrogen and oxygen atoms in total. The zero-order chi connectivity index (χ0) is 17.0. The Labute approximate surface area is 136 Å². The van der Waals surface area contributed by atoms with Gasteiger partial charge in [0.05, 0.1) is 22.6 Å². The topological polar surface area (TPSA) is 63.5 Å². The highest BCUT2D eigenvalue weighted by molar-refractivity contribution is 7.10. The van der Waals surface area contributed by atoms with E-state index in [1.807, 2.05) is 24.4 Å². The SMILES string of the molecule is CC(c1cccs1)N(C)C(=O)C=Cc1ccc(F)cc1[N+](=O)[O-]. The molecule has 0 fully saturated rings.